The fraction of sp³-hybridized carbons (Fsp3) is 0.385. The molecule has 0 bridgehead atoms. The minimum atomic E-state index is 0.461. The van der Waals surface area contributed by atoms with Crippen LogP contribution in [-0.4, -0.2) is 29.2 Å². The highest BCUT2D eigenvalue weighted by atomic mass is 16.5. The lowest BCUT2D eigenvalue weighted by molar-refractivity contribution is 0.267. The summed E-state index contributed by atoms with van der Waals surface area (Å²) in [4.78, 5) is 8.74. The summed E-state index contributed by atoms with van der Waals surface area (Å²) in [5.74, 6) is 0.609. The molecule has 1 aromatic carbocycles. The van der Waals surface area contributed by atoms with Crippen LogP contribution in [0, 0.1) is 0 Å². The van der Waals surface area contributed by atoms with Gasteiger partial charge in [0.15, 0.2) is 0 Å². The first-order valence-electron chi connectivity index (χ1n) is 6.00. The van der Waals surface area contributed by atoms with E-state index in [9.17, 15) is 0 Å². The molecule has 1 N–H and O–H groups in total. The minimum absolute atomic E-state index is 0.461. The summed E-state index contributed by atoms with van der Waals surface area (Å²) in [7, 11) is 0. The van der Waals surface area contributed by atoms with Crippen LogP contribution >= 0.6 is 0 Å². The molecule has 2 aromatic rings. The van der Waals surface area contributed by atoms with Crippen molar-refractivity contribution in [2.24, 2.45) is 0 Å². The molecule has 88 valence electrons. The molecule has 2 heterocycles. The Balaban J connectivity index is 1.72. The van der Waals surface area contributed by atoms with Gasteiger partial charge in [0, 0.05) is 6.04 Å². The molecule has 17 heavy (non-hydrogen) atoms. The van der Waals surface area contributed by atoms with Gasteiger partial charge in [-0.1, -0.05) is 12.1 Å². The molecule has 0 spiro atoms. The SMILES string of the molecule is c1ccc2nc(OC[C@@H]3CCCN3)cnc2c1. The lowest BCUT2D eigenvalue weighted by atomic mass is 10.2. The summed E-state index contributed by atoms with van der Waals surface area (Å²) in [6.45, 7) is 1.77. The maximum absolute atomic E-state index is 5.66. The number of benzene rings is 1. The van der Waals surface area contributed by atoms with Crippen LogP contribution in [0.15, 0.2) is 30.5 Å². The number of aromatic nitrogens is 2. The van der Waals surface area contributed by atoms with Crippen molar-refractivity contribution >= 4 is 11.0 Å². The largest absolute Gasteiger partial charge is 0.475 e. The summed E-state index contributed by atoms with van der Waals surface area (Å²) in [6.07, 6.45) is 4.11. The topological polar surface area (TPSA) is 47.0 Å². The normalized spacial score (nSPS) is 19.6. The van der Waals surface area contributed by atoms with E-state index in [0.717, 1.165) is 17.6 Å². The first kappa shape index (κ1) is 10.5. The molecule has 1 aliphatic rings. The highest BCUT2D eigenvalue weighted by Gasteiger charge is 2.14. The Morgan fingerprint density at radius 3 is 3.00 bits per heavy atom. The number of fused-ring (bicyclic) bond motifs is 1. The zero-order chi connectivity index (χ0) is 11.5. The van der Waals surface area contributed by atoms with E-state index in [0.29, 0.717) is 18.5 Å². The van der Waals surface area contributed by atoms with E-state index < -0.39 is 0 Å². The number of para-hydroxylation sites is 2. The molecule has 4 nitrogen and oxygen atoms in total. The fourth-order valence-corrected chi connectivity index (χ4v) is 2.09. The minimum Gasteiger partial charge on any atom is -0.475 e. The van der Waals surface area contributed by atoms with Crippen LogP contribution in [-0.2, 0) is 0 Å². The van der Waals surface area contributed by atoms with Crippen LogP contribution in [0.5, 0.6) is 5.88 Å². The van der Waals surface area contributed by atoms with E-state index in [4.69, 9.17) is 4.74 Å². The van der Waals surface area contributed by atoms with Gasteiger partial charge in [0.2, 0.25) is 5.88 Å². The van der Waals surface area contributed by atoms with Gasteiger partial charge in [-0.15, -0.1) is 0 Å². The van der Waals surface area contributed by atoms with Crippen LogP contribution in [0.25, 0.3) is 11.0 Å². The zero-order valence-electron chi connectivity index (χ0n) is 9.60. The first-order chi connectivity index (χ1) is 8.42. The van der Waals surface area contributed by atoms with Crippen molar-refractivity contribution < 1.29 is 4.74 Å². The van der Waals surface area contributed by atoms with Gasteiger partial charge in [0.25, 0.3) is 0 Å². The number of nitrogens with one attached hydrogen (secondary N) is 1. The van der Waals surface area contributed by atoms with E-state index in [1.807, 2.05) is 24.3 Å². The van der Waals surface area contributed by atoms with Crippen LogP contribution in [0.3, 0.4) is 0 Å². The average molecular weight is 229 g/mol. The lowest BCUT2D eigenvalue weighted by Crippen LogP contribution is -2.28. The second-order valence-corrected chi connectivity index (χ2v) is 4.30. The summed E-state index contributed by atoms with van der Waals surface area (Å²) < 4.78 is 5.66. The predicted molar refractivity (Wildman–Crippen MR) is 66.1 cm³/mol. The zero-order valence-corrected chi connectivity index (χ0v) is 9.60. The molecule has 1 aromatic heterocycles. The van der Waals surface area contributed by atoms with Gasteiger partial charge in [0.1, 0.15) is 6.61 Å². The third kappa shape index (κ3) is 2.36. The Bertz CT molecular complexity index is 509. The van der Waals surface area contributed by atoms with Crippen LogP contribution in [0.1, 0.15) is 12.8 Å². The van der Waals surface area contributed by atoms with Crippen LogP contribution in [0.4, 0.5) is 0 Å². The summed E-state index contributed by atoms with van der Waals surface area (Å²) in [6, 6.07) is 8.27. The highest BCUT2D eigenvalue weighted by molar-refractivity contribution is 5.73. The number of nitrogens with zero attached hydrogens (tertiary/aromatic N) is 2. The standard InChI is InChI=1S/C13H15N3O/c1-2-6-12-11(5-1)15-8-13(16-12)17-9-10-4-3-7-14-10/h1-2,5-6,8,10,14H,3-4,7,9H2/t10-/m0/s1. The monoisotopic (exact) mass is 229 g/mol. The molecule has 0 radical (unpaired) electrons. The molecule has 3 rings (SSSR count). The molecule has 1 aliphatic heterocycles. The molecule has 1 saturated heterocycles. The van der Waals surface area contributed by atoms with Crippen molar-refractivity contribution in [3.8, 4) is 5.88 Å². The second-order valence-electron chi connectivity index (χ2n) is 4.30. The van der Waals surface area contributed by atoms with E-state index in [1.54, 1.807) is 6.20 Å². The Morgan fingerprint density at radius 2 is 2.18 bits per heavy atom. The van der Waals surface area contributed by atoms with Gasteiger partial charge in [0.05, 0.1) is 17.2 Å². The Labute approximate surface area is 100 Å². The average Bonchev–Trinajstić information content (AvgIpc) is 2.89. The molecule has 0 aliphatic carbocycles. The number of hydrogen-bond donors (Lipinski definition) is 1. The maximum Gasteiger partial charge on any atom is 0.232 e. The number of rotatable bonds is 3. The molecule has 1 atom stereocenters. The highest BCUT2D eigenvalue weighted by Crippen LogP contribution is 2.14. The summed E-state index contributed by atoms with van der Waals surface area (Å²) >= 11 is 0. The van der Waals surface area contributed by atoms with Gasteiger partial charge in [-0.3, -0.25) is 0 Å². The first-order valence-corrected chi connectivity index (χ1v) is 6.00. The second kappa shape index (κ2) is 4.67. The van der Waals surface area contributed by atoms with Crippen molar-refractivity contribution in [1.82, 2.24) is 15.3 Å². The van der Waals surface area contributed by atoms with E-state index in [2.05, 4.69) is 15.3 Å². The van der Waals surface area contributed by atoms with Gasteiger partial charge in [-0.25, -0.2) is 9.97 Å². The van der Waals surface area contributed by atoms with Gasteiger partial charge in [-0.05, 0) is 31.5 Å². The van der Waals surface area contributed by atoms with E-state index in [1.165, 1.54) is 12.8 Å². The van der Waals surface area contributed by atoms with E-state index in [-0.39, 0.29) is 0 Å². The maximum atomic E-state index is 5.66. The van der Waals surface area contributed by atoms with Crippen molar-refractivity contribution in [3.05, 3.63) is 30.5 Å². The summed E-state index contributed by atoms with van der Waals surface area (Å²) in [5.41, 5.74) is 1.78. The molecule has 0 unspecified atom stereocenters. The van der Waals surface area contributed by atoms with Gasteiger partial charge in [-0.2, -0.15) is 0 Å². The Hall–Kier alpha value is -1.68. The molecule has 1 fully saturated rings. The van der Waals surface area contributed by atoms with Crippen molar-refractivity contribution in [2.45, 2.75) is 18.9 Å². The Morgan fingerprint density at radius 1 is 1.29 bits per heavy atom. The van der Waals surface area contributed by atoms with Gasteiger partial charge < -0.3 is 10.1 Å². The van der Waals surface area contributed by atoms with Crippen molar-refractivity contribution in [2.75, 3.05) is 13.2 Å². The molecular formula is C13H15N3O. The molecule has 0 amide bonds. The van der Waals surface area contributed by atoms with Crippen LogP contribution < -0.4 is 10.1 Å². The van der Waals surface area contributed by atoms with Crippen LogP contribution in [0.2, 0.25) is 0 Å². The van der Waals surface area contributed by atoms with Crippen molar-refractivity contribution in [3.63, 3.8) is 0 Å². The quantitative estimate of drug-likeness (QED) is 0.871. The third-order valence-corrected chi connectivity index (χ3v) is 3.02. The number of ether oxygens (including phenoxy) is 1. The third-order valence-electron chi connectivity index (χ3n) is 3.02. The Kier molecular flexibility index (Phi) is 2.88. The fourth-order valence-electron chi connectivity index (χ4n) is 2.09. The van der Waals surface area contributed by atoms with Crippen molar-refractivity contribution in [1.29, 1.82) is 0 Å². The molecule has 4 heteroatoms. The van der Waals surface area contributed by atoms with Gasteiger partial charge >= 0.3 is 0 Å². The molecule has 0 saturated carbocycles. The summed E-state index contributed by atoms with van der Waals surface area (Å²) in [5, 5.41) is 3.39. The smallest absolute Gasteiger partial charge is 0.232 e. The lowest BCUT2D eigenvalue weighted by Gasteiger charge is -2.11. The van der Waals surface area contributed by atoms with E-state index >= 15 is 0 Å². The molecular weight excluding hydrogens is 214 g/mol. The number of hydrogen-bond acceptors (Lipinski definition) is 4. The predicted octanol–water partition coefficient (Wildman–Crippen LogP) is 1.76.